The number of esters is 1. The van der Waals surface area contributed by atoms with Crippen LogP contribution < -0.4 is 5.32 Å². The molecule has 0 atom stereocenters. The first-order valence-corrected chi connectivity index (χ1v) is 6.41. The summed E-state index contributed by atoms with van der Waals surface area (Å²) in [4.78, 5) is 12.1. The summed E-state index contributed by atoms with van der Waals surface area (Å²) in [5.41, 5.74) is 2.10. The highest BCUT2D eigenvalue weighted by Gasteiger charge is 2.27. The van der Waals surface area contributed by atoms with Gasteiger partial charge in [-0.25, -0.2) is 4.79 Å². The van der Waals surface area contributed by atoms with E-state index in [1.54, 1.807) is 6.92 Å². The molecule has 1 heterocycles. The van der Waals surface area contributed by atoms with Crippen molar-refractivity contribution in [2.45, 2.75) is 13.3 Å². The maximum Gasteiger partial charge on any atom is 0.342 e. The third-order valence-corrected chi connectivity index (χ3v) is 3.45. The number of nitrogens with one attached hydrogen (secondary N) is 1. The van der Waals surface area contributed by atoms with Crippen molar-refractivity contribution in [1.82, 2.24) is 0 Å². The summed E-state index contributed by atoms with van der Waals surface area (Å²) < 4.78 is 5.06. The second kappa shape index (κ2) is 4.46. The number of carbonyl (C=O) groups is 1. The standard InChI is InChI=1S/C15H15NO3/c1-2-19-15(18)12-11-7-8-16-13(11)9-5-3-4-6-10(9)14(12)17/h3-6,16-17H,2,7-8H2,1H3. The smallest absolute Gasteiger partial charge is 0.342 e. The fraction of sp³-hybridized carbons (Fsp3) is 0.267. The van der Waals surface area contributed by atoms with Gasteiger partial charge in [0.15, 0.2) is 0 Å². The lowest BCUT2D eigenvalue weighted by Crippen LogP contribution is -2.08. The van der Waals surface area contributed by atoms with E-state index >= 15 is 0 Å². The minimum atomic E-state index is -0.453. The van der Waals surface area contributed by atoms with Gasteiger partial charge in [-0.2, -0.15) is 0 Å². The van der Waals surface area contributed by atoms with Gasteiger partial charge in [0.2, 0.25) is 0 Å². The number of hydrogen-bond donors (Lipinski definition) is 2. The van der Waals surface area contributed by atoms with E-state index in [0.29, 0.717) is 17.6 Å². The monoisotopic (exact) mass is 257 g/mol. The van der Waals surface area contributed by atoms with E-state index in [1.807, 2.05) is 24.3 Å². The van der Waals surface area contributed by atoms with E-state index in [0.717, 1.165) is 29.6 Å². The van der Waals surface area contributed by atoms with Crippen LogP contribution in [0.25, 0.3) is 10.8 Å². The van der Waals surface area contributed by atoms with Crippen LogP contribution in [0.4, 0.5) is 5.69 Å². The molecular weight excluding hydrogens is 242 g/mol. The van der Waals surface area contributed by atoms with Crippen molar-refractivity contribution < 1.29 is 14.6 Å². The fourth-order valence-corrected chi connectivity index (χ4v) is 2.66. The number of benzene rings is 2. The topological polar surface area (TPSA) is 58.6 Å². The van der Waals surface area contributed by atoms with E-state index in [1.165, 1.54) is 0 Å². The summed E-state index contributed by atoms with van der Waals surface area (Å²) in [5, 5.41) is 15.3. The lowest BCUT2D eigenvalue weighted by Gasteiger charge is -2.13. The SMILES string of the molecule is CCOC(=O)c1c2c(c3ccccc3c1O)NCC2. The Kier molecular flexibility index (Phi) is 2.78. The van der Waals surface area contributed by atoms with Crippen molar-refractivity contribution in [2.24, 2.45) is 0 Å². The number of fused-ring (bicyclic) bond motifs is 3. The van der Waals surface area contributed by atoms with Gasteiger partial charge >= 0.3 is 5.97 Å². The molecule has 1 aliphatic heterocycles. The van der Waals surface area contributed by atoms with E-state index in [9.17, 15) is 9.90 Å². The van der Waals surface area contributed by atoms with Crippen LogP contribution in [0, 0.1) is 0 Å². The molecule has 0 bridgehead atoms. The number of phenolic OH excluding ortho intramolecular Hbond substituents is 1. The summed E-state index contributed by atoms with van der Waals surface area (Å²) in [6, 6.07) is 7.53. The second-order valence-corrected chi connectivity index (χ2v) is 4.52. The second-order valence-electron chi connectivity index (χ2n) is 4.52. The third kappa shape index (κ3) is 1.71. The lowest BCUT2D eigenvalue weighted by atomic mass is 9.97. The van der Waals surface area contributed by atoms with Gasteiger partial charge < -0.3 is 15.2 Å². The van der Waals surface area contributed by atoms with Gasteiger partial charge in [0.25, 0.3) is 0 Å². The zero-order valence-corrected chi connectivity index (χ0v) is 10.7. The molecule has 0 unspecified atom stereocenters. The molecule has 0 fully saturated rings. The molecule has 0 radical (unpaired) electrons. The average molecular weight is 257 g/mol. The number of phenols is 1. The molecular formula is C15H15NO3. The summed E-state index contributed by atoms with van der Waals surface area (Å²) in [7, 11) is 0. The molecule has 4 nitrogen and oxygen atoms in total. The quantitative estimate of drug-likeness (QED) is 0.641. The zero-order chi connectivity index (χ0) is 13.4. The van der Waals surface area contributed by atoms with Crippen LogP contribution in [0.1, 0.15) is 22.8 Å². The predicted molar refractivity (Wildman–Crippen MR) is 73.8 cm³/mol. The van der Waals surface area contributed by atoms with E-state index in [2.05, 4.69) is 5.32 Å². The van der Waals surface area contributed by atoms with Crippen LogP contribution in [-0.2, 0) is 11.2 Å². The Morgan fingerprint density at radius 3 is 2.84 bits per heavy atom. The molecule has 3 rings (SSSR count). The van der Waals surface area contributed by atoms with E-state index in [-0.39, 0.29) is 5.75 Å². The molecule has 2 N–H and O–H groups in total. The molecule has 0 aromatic heterocycles. The molecule has 1 aliphatic rings. The summed E-state index contributed by atoms with van der Waals surface area (Å²) in [6.07, 6.45) is 0.724. The average Bonchev–Trinajstić information content (AvgIpc) is 2.88. The van der Waals surface area contributed by atoms with Crippen molar-refractivity contribution in [1.29, 1.82) is 0 Å². The molecule has 0 saturated carbocycles. The first-order chi connectivity index (χ1) is 9.24. The van der Waals surface area contributed by atoms with Gasteiger partial charge in [-0.05, 0) is 18.9 Å². The highest BCUT2D eigenvalue weighted by Crippen LogP contribution is 2.41. The first-order valence-electron chi connectivity index (χ1n) is 6.41. The fourth-order valence-electron chi connectivity index (χ4n) is 2.66. The molecule has 0 amide bonds. The molecule has 4 heteroatoms. The Bertz CT molecular complexity index is 664. The molecule has 98 valence electrons. The lowest BCUT2D eigenvalue weighted by molar-refractivity contribution is 0.0522. The molecule has 0 spiro atoms. The Labute approximate surface area is 111 Å². The highest BCUT2D eigenvalue weighted by atomic mass is 16.5. The predicted octanol–water partition coefficient (Wildman–Crippen LogP) is 2.69. The van der Waals surface area contributed by atoms with Crippen LogP contribution in [-0.4, -0.2) is 24.2 Å². The minimum Gasteiger partial charge on any atom is -0.506 e. The Morgan fingerprint density at radius 1 is 1.37 bits per heavy atom. The van der Waals surface area contributed by atoms with Gasteiger partial charge in [-0.3, -0.25) is 0 Å². The summed E-state index contributed by atoms with van der Waals surface area (Å²) in [6.45, 7) is 2.83. The van der Waals surface area contributed by atoms with Crippen molar-refractivity contribution in [3.8, 4) is 5.75 Å². The van der Waals surface area contributed by atoms with Crippen LogP contribution in [0.15, 0.2) is 24.3 Å². The minimum absolute atomic E-state index is 0.0245. The normalized spacial score (nSPS) is 13.1. The highest BCUT2D eigenvalue weighted by molar-refractivity contribution is 6.09. The number of ether oxygens (including phenoxy) is 1. The van der Waals surface area contributed by atoms with Crippen molar-refractivity contribution >= 4 is 22.4 Å². The van der Waals surface area contributed by atoms with Gasteiger partial charge in [-0.1, -0.05) is 24.3 Å². The Balaban J connectivity index is 2.33. The molecule has 2 aromatic rings. The maximum atomic E-state index is 12.1. The molecule has 2 aromatic carbocycles. The largest absolute Gasteiger partial charge is 0.506 e. The Hall–Kier alpha value is -2.23. The maximum absolute atomic E-state index is 12.1. The van der Waals surface area contributed by atoms with E-state index in [4.69, 9.17) is 4.74 Å². The van der Waals surface area contributed by atoms with Crippen LogP contribution in [0.5, 0.6) is 5.75 Å². The number of carbonyl (C=O) groups excluding carboxylic acids is 1. The number of rotatable bonds is 2. The number of anilines is 1. The van der Waals surface area contributed by atoms with E-state index < -0.39 is 5.97 Å². The number of hydrogen-bond acceptors (Lipinski definition) is 4. The van der Waals surface area contributed by atoms with Crippen molar-refractivity contribution in [3.63, 3.8) is 0 Å². The zero-order valence-electron chi connectivity index (χ0n) is 10.7. The number of aromatic hydroxyl groups is 1. The molecule has 0 aliphatic carbocycles. The van der Waals surface area contributed by atoms with Gasteiger partial charge in [0.05, 0.1) is 6.61 Å². The molecule has 0 saturated heterocycles. The Morgan fingerprint density at radius 2 is 2.11 bits per heavy atom. The van der Waals surface area contributed by atoms with Gasteiger partial charge in [0, 0.05) is 23.0 Å². The van der Waals surface area contributed by atoms with Crippen LogP contribution in [0.2, 0.25) is 0 Å². The third-order valence-electron chi connectivity index (χ3n) is 3.45. The first kappa shape index (κ1) is 11.8. The molecule has 19 heavy (non-hydrogen) atoms. The van der Waals surface area contributed by atoms with Gasteiger partial charge in [-0.15, -0.1) is 0 Å². The van der Waals surface area contributed by atoms with Crippen LogP contribution in [0.3, 0.4) is 0 Å². The summed E-state index contributed by atoms with van der Waals surface area (Å²) >= 11 is 0. The van der Waals surface area contributed by atoms with Crippen LogP contribution >= 0.6 is 0 Å². The van der Waals surface area contributed by atoms with Crippen molar-refractivity contribution in [3.05, 3.63) is 35.4 Å². The van der Waals surface area contributed by atoms with Crippen molar-refractivity contribution in [2.75, 3.05) is 18.5 Å². The van der Waals surface area contributed by atoms with Gasteiger partial charge in [0.1, 0.15) is 11.3 Å². The summed E-state index contributed by atoms with van der Waals surface area (Å²) in [5.74, 6) is -0.429.